The lowest BCUT2D eigenvalue weighted by atomic mass is 9.73. The van der Waals surface area contributed by atoms with Crippen LogP contribution in [0.3, 0.4) is 0 Å². The van der Waals surface area contributed by atoms with E-state index in [-0.39, 0.29) is 11.6 Å². The van der Waals surface area contributed by atoms with Crippen LogP contribution >= 0.6 is 0 Å². The van der Waals surface area contributed by atoms with Gasteiger partial charge in [-0.1, -0.05) is 74.1 Å². The molecule has 0 aromatic carbocycles. The first-order chi connectivity index (χ1) is 8.51. The second-order valence-corrected chi connectivity index (χ2v) is 7.63. The summed E-state index contributed by atoms with van der Waals surface area (Å²) in [6, 6.07) is 0. The molecular formula is C17H32O2. The van der Waals surface area contributed by atoms with E-state index in [1.807, 2.05) is 41.5 Å². The first kappa shape index (κ1) is 18.3. The molecule has 0 unspecified atom stereocenters. The molecule has 0 N–H and O–H groups in total. The van der Waals surface area contributed by atoms with Crippen LogP contribution in [-0.2, 0) is 9.59 Å². The molecule has 19 heavy (non-hydrogen) atoms. The topological polar surface area (TPSA) is 34.1 Å². The molecule has 0 bridgehead atoms. The van der Waals surface area contributed by atoms with Gasteiger partial charge in [0, 0.05) is 10.8 Å². The molecule has 0 aromatic rings. The highest BCUT2D eigenvalue weighted by molar-refractivity contribution is 6.06. The molecule has 0 aromatic heterocycles. The van der Waals surface area contributed by atoms with Crippen LogP contribution < -0.4 is 0 Å². The Kier molecular flexibility index (Phi) is 6.96. The highest BCUT2D eigenvalue weighted by Gasteiger charge is 2.38. The van der Waals surface area contributed by atoms with Gasteiger partial charge in [0.1, 0.15) is 11.6 Å². The lowest BCUT2D eigenvalue weighted by Gasteiger charge is -2.28. The summed E-state index contributed by atoms with van der Waals surface area (Å²) in [7, 11) is 0. The number of unbranched alkanes of at least 4 members (excludes halogenated alkanes) is 3. The molecule has 0 aliphatic heterocycles. The Morgan fingerprint density at radius 1 is 0.789 bits per heavy atom. The molecule has 0 heterocycles. The average molecular weight is 268 g/mol. The van der Waals surface area contributed by atoms with Gasteiger partial charge in [0.15, 0.2) is 0 Å². The van der Waals surface area contributed by atoms with E-state index in [0.29, 0.717) is 6.42 Å². The minimum absolute atomic E-state index is 0.101. The zero-order valence-electron chi connectivity index (χ0n) is 13.9. The molecule has 2 heteroatoms. The second-order valence-electron chi connectivity index (χ2n) is 7.63. The lowest BCUT2D eigenvalue weighted by Crippen LogP contribution is -2.39. The molecule has 0 radical (unpaired) electrons. The Balaban J connectivity index is 4.85. The smallest absolute Gasteiger partial charge is 0.148 e. The van der Waals surface area contributed by atoms with Gasteiger partial charge in [-0.2, -0.15) is 0 Å². The second kappa shape index (κ2) is 7.21. The summed E-state index contributed by atoms with van der Waals surface area (Å²) in [4.78, 5) is 25.0. The van der Waals surface area contributed by atoms with E-state index in [2.05, 4.69) is 6.92 Å². The van der Waals surface area contributed by atoms with E-state index in [9.17, 15) is 9.59 Å². The SMILES string of the molecule is CCCCCCC(C(=O)C(C)(C)C)C(=O)C(C)(C)C. The van der Waals surface area contributed by atoms with Crippen LogP contribution in [0.2, 0.25) is 0 Å². The number of hydrogen-bond donors (Lipinski definition) is 0. The first-order valence-corrected chi connectivity index (χ1v) is 7.60. The predicted octanol–water partition coefficient (Wildman–Crippen LogP) is 4.80. The number of carbonyl (C=O) groups excluding carboxylic acids is 2. The minimum Gasteiger partial charge on any atom is -0.298 e. The van der Waals surface area contributed by atoms with Crippen LogP contribution in [0, 0.1) is 16.7 Å². The van der Waals surface area contributed by atoms with Gasteiger partial charge in [-0.15, -0.1) is 0 Å². The molecule has 0 spiro atoms. The van der Waals surface area contributed by atoms with Crippen LogP contribution in [0.4, 0.5) is 0 Å². The standard InChI is InChI=1S/C17H32O2/c1-8-9-10-11-12-13(14(18)16(2,3)4)15(19)17(5,6)7/h13H,8-12H2,1-7H3. The van der Waals surface area contributed by atoms with Gasteiger partial charge in [-0.05, 0) is 6.42 Å². The number of carbonyl (C=O) groups is 2. The van der Waals surface area contributed by atoms with Crippen LogP contribution in [-0.4, -0.2) is 11.6 Å². The molecule has 2 nitrogen and oxygen atoms in total. The summed E-state index contributed by atoms with van der Waals surface area (Å²) >= 11 is 0. The number of Topliss-reactive ketones (excluding diaryl/α,β-unsaturated/α-hetero) is 2. The molecule has 112 valence electrons. The molecule has 0 fully saturated rings. The van der Waals surface area contributed by atoms with E-state index < -0.39 is 16.7 Å². The third-order valence-corrected chi connectivity index (χ3v) is 3.46. The maximum Gasteiger partial charge on any atom is 0.148 e. The lowest BCUT2D eigenvalue weighted by molar-refractivity contribution is -0.142. The third-order valence-electron chi connectivity index (χ3n) is 3.46. The van der Waals surface area contributed by atoms with Crippen molar-refractivity contribution in [2.45, 2.75) is 80.6 Å². The van der Waals surface area contributed by atoms with E-state index >= 15 is 0 Å². The highest BCUT2D eigenvalue weighted by Crippen LogP contribution is 2.30. The van der Waals surface area contributed by atoms with Gasteiger partial charge in [0.25, 0.3) is 0 Å². The van der Waals surface area contributed by atoms with Crippen molar-refractivity contribution in [1.82, 2.24) is 0 Å². The molecule has 0 aliphatic carbocycles. The van der Waals surface area contributed by atoms with Gasteiger partial charge in [-0.25, -0.2) is 0 Å². The van der Waals surface area contributed by atoms with Crippen LogP contribution in [0.5, 0.6) is 0 Å². The summed E-state index contributed by atoms with van der Waals surface area (Å²) in [5, 5.41) is 0. The number of hydrogen-bond acceptors (Lipinski definition) is 2. The fraction of sp³-hybridized carbons (Fsp3) is 0.882. The van der Waals surface area contributed by atoms with Gasteiger partial charge >= 0.3 is 0 Å². The van der Waals surface area contributed by atoms with Gasteiger partial charge in [-0.3, -0.25) is 9.59 Å². The number of ketones is 2. The zero-order valence-corrected chi connectivity index (χ0v) is 13.9. The Labute approximate surface area is 119 Å². The van der Waals surface area contributed by atoms with Crippen molar-refractivity contribution in [3.05, 3.63) is 0 Å². The molecule has 0 atom stereocenters. The summed E-state index contributed by atoms with van der Waals surface area (Å²) in [5.41, 5.74) is -0.868. The Morgan fingerprint density at radius 3 is 1.53 bits per heavy atom. The molecular weight excluding hydrogens is 236 g/mol. The van der Waals surface area contributed by atoms with Crippen molar-refractivity contribution in [3.8, 4) is 0 Å². The summed E-state index contributed by atoms with van der Waals surface area (Å²) in [6.07, 6.45) is 5.15. The van der Waals surface area contributed by atoms with E-state index in [1.165, 1.54) is 12.8 Å². The highest BCUT2D eigenvalue weighted by atomic mass is 16.2. The predicted molar refractivity (Wildman–Crippen MR) is 81.2 cm³/mol. The van der Waals surface area contributed by atoms with Crippen LogP contribution in [0.1, 0.15) is 80.6 Å². The first-order valence-electron chi connectivity index (χ1n) is 7.60. The van der Waals surface area contributed by atoms with Gasteiger partial charge in [0.05, 0.1) is 5.92 Å². The Hall–Kier alpha value is -0.660. The summed E-state index contributed by atoms with van der Waals surface area (Å²) in [5.74, 6) is -0.218. The van der Waals surface area contributed by atoms with Crippen molar-refractivity contribution in [3.63, 3.8) is 0 Å². The normalized spacial score (nSPS) is 12.8. The third kappa shape index (κ3) is 6.35. The summed E-state index contributed by atoms with van der Waals surface area (Å²) < 4.78 is 0. The fourth-order valence-electron chi connectivity index (χ4n) is 2.20. The monoisotopic (exact) mass is 268 g/mol. The van der Waals surface area contributed by atoms with Crippen molar-refractivity contribution in [1.29, 1.82) is 0 Å². The maximum atomic E-state index is 12.5. The molecule has 0 rings (SSSR count). The van der Waals surface area contributed by atoms with E-state index in [0.717, 1.165) is 12.8 Å². The average Bonchev–Trinajstić information content (AvgIpc) is 2.25. The summed E-state index contributed by atoms with van der Waals surface area (Å²) in [6.45, 7) is 13.6. The fourth-order valence-corrected chi connectivity index (χ4v) is 2.20. The maximum absolute atomic E-state index is 12.5. The van der Waals surface area contributed by atoms with Crippen molar-refractivity contribution < 1.29 is 9.59 Å². The van der Waals surface area contributed by atoms with Crippen molar-refractivity contribution in [2.75, 3.05) is 0 Å². The zero-order chi connectivity index (χ0) is 15.3. The van der Waals surface area contributed by atoms with E-state index in [1.54, 1.807) is 0 Å². The minimum atomic E-state index is -0.434. The van der Waals surface area contributed by atoms with Crippen molar-refractivity contribution in [2.24, 2.45) is 16.7 Å². The molecule has 0 amide bonds. The molecule has 0 saturated carbocycles. The van der Waals surface area contributed by atoms with Gasteiger partial charge < -0.3 is 0 Å². The quantitative estimate of drug-likeness (QED) is 0.491. The van der Waals surface area contributed by atoms with Crippen LogP contribution in [0.25, 0.3) is 0 Å². The Morgan fingerprint density at radius 2 is 1.21 bits per heavy atom. The van der Waals surface area contributed by atoms with Crippen molar-refractivity contribution >= 4 is 11.6 Å². The van der Waals surface area contributed by atoms with Gasteiger partial charge in [0.2, 0.25) is 0 Å². The Bertz CT molecular complexity index is 276. The van der Waals surface area contributed by atoms with E-state index in [4.69, 9.17) is 0 Å². The van der Waals surface area contributed by atoms with Crippen LogP contribution in [0.15, 0.2) is 0 Å². The number of rotatable bonds is 7. The largest absolute Gasteiger partial charge is 0.298 e. The molecule has 0 aliphatic rings. The molecule has 0 saturated heterocycles.